The highest BCUT2D eigenvalue weighted by molar-refractivity contribution is 14.0. The molecule has 0 saturated carbocycles. The molecule has 32 heavy (non-hydrogen) atoms. The average Bonchev–Trinajstić information content (AvgIpc) is 2.80. The predicted octanol–water partition coefficient (Wildman–Crippen LogP) is 4.57. The van der Waals surface area contributed by atoms with Crippen molar-refractivity contribution in [2.75, 3.05) is 39.4 Å². The quantitative estimate of drug-likeness (QED) is 0.211. The Kier molecular flexibility index (Phi) is 16.0. The van der Waals surface area contributed by atoms with E-state index >= 15 is 0 Å². The van der Waals surface area contributed by atoms with Gasteiger partial charge in [-0.05, 0) is 70.3 Å². The summed E-state index contributed by atoms with van der Waals surface area (Å²) in [7, 11) is 0. The molecule has 1 aromatic carbocycles. The first kappa shape index (κ1) is 29.1. The number of hydrogen-bond donors (Lipinski definition) is 2. The lowest BCUT2D eigenvalue weighted by atomic mass is 10.1. The van der Waals surface area contributed by atoms with Gasteiger partial charge in [-0.2, -0.15) is 0 Å². The Balaban J connectivity index is 0.00000512. The smallest absolute Gasteiger partial charge is 0.191 e. The van der Waals surface area contributed by atoms with Crippen LogP contribution in [0.25, 0.3) is 0 Å². The second kappa shape index (κ2) is 17.6. The van der Waals surface area contributed by atoms with Gasteiger partial charge < -0.3 is 25.0 Å². The molecule has 1 fully saturated rings. The Bertz CT molecular complexity index is 617. The minimum Gasteiger partial charge on any atom is -0.381 e. The van der Waals surface area contributed by atoms with Crippen LogP contribution in [0.4, 0.5) is 0 Å². The molecule has 0 radical (unpaired) electrons. The van der Waals surface area contributed by atoms with Crippen LogP contribution < -0.4 is 10.6 Å². The fourth-order valence-corrected chi connectivity index (χ4v) is 3.75. The third kappa shape index (κ3) is 11.8. The van der Waals surface area contributed by atoms with Crippen LogP contribution in [0.5, 0.6) is 0 Å². The Morgan fingerprint density at radius 1 is 1.12 bits per heavy atom. The van der Waals surface area contributed by atoms with E-state index in [1.807, 2.05) is 0 Å². The number of aliphatic imine (C=N–C) groups is 1. The van der Waals surface area contributed by atoms with Crippen molar-refractivity contribution in [3.63, 3.8) is 0 Å². The van der Waals surface area contributed by atoms with Crippen LogP contribution in [-0.4, -0.2) is 62.4 Å². The van der Waals surface area contributed by atoms with Gasteiger partial charge in [-0.3, -0.25) is 0 Å². The molecule has 0 spiro atoms. The fraction of sp³-hybridized carbons (Fsp3) is 0.720. The summed E-state index contributed by atoms with van der Waals surface area (Å²) in [6.45, 7) is 16.1. The number of ether oxygens (including phenoxy) is 2. The second-order valence-corrected chi connectivity index (χ2v) is 8.35. The monoisotopic (exact) mass is 560 g/mol. The molecular formula is C25H45IN4O2. The zero-order valence-corrected chi connectivity index (χ0v) is 22.9. The van der Waals surface area contributed by atoms with Crippen molar-refractivity contribution < 1.29 is 9.47 Å². The van der Waals surface area contributed by atoms with Crippen molar-refractivity contribution in [1.29, 1.82) is 0 Å². The number of rotatable bonds is 13. The first-order valence-corrected chi connectivity index (χ1v) is 12.2. The highest BCUT2D eigenvalue weighted by Gasteiger charge is 2.14. The van der Waals surface area contributed by atoms with Gasteiger partial charge in [0.2, 0.25) is 0 Å². The number of halogens is 1. The third-order valence-electron chi connectivity index (χ3n) is 5.83. The van der Waals surface area contributed by atoms with Crippen LogP contribution >= 0.6 is 24.0 Å². The predicted molar refractivity (Wildman–Crippen MR) is 145 cm³/mol. The Morgan fingerprint density at radius 3 is 2.41 bits per heavy atom. The van der Waals surface area contributed by atoms with Crippen LogP contribution in [0.1, 0.15) is 64.5 Å². The first-order valence-electron chi connectivity index (χ1n) is 12.2. The molecule has 1 atom stereocenters. The van der Waals surface area contributed by atoms with Crippen LogP contribution in [0.15, 0.2) is 29.3 Å². The van der Waals surface area contributed by atoms with Gasteiger partial charge in [0.15, 0.2) is 5.96 Å². The zero-order chi connectivity index (χ0) is 22.3. The van der Waals surface area contributed by atoms with E-state index in [1.165, 1.54) is 17.5 Å². The molecule has 7 heteroatoms. The summed E-state index contributed by atoms with van der Waals surface area (Å²) in [5, 5.41) is 6.93. The molecule has 1 unspecified atom stereocenters. The molecule has 2 N–H and O–H groups in total. The maximum absolute atomic E-state index is 6.01. The van der Waals surface area contributed by atoms with Gasteiger partial charge >= 0.3 is 0 Å². The minimum absolute atomic E-state index is 0. The molecule has 1 aromatic rings. The summed E-state index contributed by atoms with van der Waals surface area (Å²) in [6, 6.07) is 9.02. The van der Waals surface area contributed by atoms with Gasteiger partial charge in [-0.1, -0.05) is 38.1 Å². The first-order chi connectivity index (χ1) is 15.1. The molecule has 1 heterocycles. The lowest BCUT2D eigenvalue weighted by Gasteiger charge is -2.22. The van der Waals surface area contributed by atoms with Crippen LogP contribution in [0.2, 0.25) is 0 Å². The van der Waals surface area contributed by atoms with E-state index in [1.54, 1.807) is 0 Å². The normalized spacial score (nSPS) is 16.0. The SMILES string of the molecule is CCNC(=NCc1ccc(COC2CCOCC2)cc1)NC(C)CCCN(CC)CC.I. The molecule has 0 amide bonds. The molecule has 0 aromatic heterocycles. The van der Waals surface area contributed by atoms with E-state index in [2.05, 4.69) is 67.5 Å². The molecule has 1 aliphatic heterocycles. The van der Waals surface area contributed by atoms with Crippen molar-refractivity contribution in [2.24, 2.45) is 4.99 Å². The highest BCUT2D eigenvalue weighted by Crippen LogP contribution is 2.14. The lowest BCUT2D eigenvalue weighted by Crippen LogP contribution is -2.42. The van der Waals surface area contributed by atoms with Gasteiger partial charge in [0.05, 0.1) is 19.3 Å². The minimum atomic E-state index is 0. The molecule has 6 nitrogen and oxygen atoms in total. The van der Waals surface area contributed by atoms with Crippen molar-refractivity contribution in [2.45, 2.75) is 78.7 Å². The molecule has 0 aliphatic carbocycles. The molecular weight excluding hydrogens is 515 g/mol. The molecule has 1 saturated heterocycles. The summed E-state index contributed by atoms with van der Waals surface area (Å²) in [5.41, 5.74) is 2.42. The number of hydrogen-bond acceptors (Lipinski definition) is 4. The standard InChI is InChI=1S/C25H44N4O2.HI/c1-5-26-25(28-21(4)9-8-16-29(6-2)7-3)27-19-22-10-12-23(13-11-22)20-31-24-14-17-30-18-15-24;/h10-13,21,24H,5-9,14-20H2,1-4H3,(H2,26,27,28);1H. The maximum atomic E-state index is 6.01. The maximum Gasteiger partial charge on any atom is 0.191 e. The van der Waals surface area contributed by atoms with E-state index in [9.17, 15) is 0 Å². The molecule has 2 rings (SSSR count). The largest absolute Gasteiger partial charge is 0.381 e. The highest BCUT2D eigenvalue weighted by atomic mass is 127. The molecule has 1 aliphatic rings. The van der Waals surface area contributed by atoms with Gasteiger partial charge in [0.25, 0.3) is 0 Å². The summed E-state index contributed by atoms with van der Waals surface area (Å²) < 4.78 is 11.4. The lowest BCUT2D eigenvalue weighted by molar-refractivity contribution is -0.0390. The Morgan fingerprint density at radius 2 is 1.78 bits per heavy atom. The summed E-state index contributed by atoms with van der Waals surface area (Å²) in [6.07, 6.45) is 4.68. The Labute approximate surface area is 212 Å². The van der Waals surface area contributed by atoms with E-state index in [0.717, 1.165) is 64.6 Å². The third-order valence-corrected chi connectivity index (χ3v) is 5.83. The fourth-order valence-electron chi connectivity index (χ4n) is 3.75. The second-order valence-electron chi connectivity index (χ2n) is 8.35. The number of nitrogens with zero attached hydrogens (tertiary/aromatic N) is 2. The summed E-state index contributed by atoms with van der Waals surface area (Å²) in [5.74, 6) is 0.893. The van der Waals surface area contributed by atoms with Gasteiger partial charge in [0.1, 0.15) is 0 Å². The summed E-state index contributed by atoms with van der Waals surface area (Å²) in [4.78, 5) is 7.26. The van der Waals surface area contributed by atoms with Gasteiger partial charge in [-0.15, -0.1) is 24.0 Å². The van der Waals surface area contributed by atoms with E-state index in [-0.39, 0.29) is 24.0 Å². The van der Waals surface area contributed by atoms with Crippen molar-refractivity contribution >= 4 is 29.9 Å². The van der Waals surface area contributed by atoms with Crippen LogP contribution in [0, 0.1) is 0 Å². The number of nitrogens with one attached hydrogen (secondary N) is 2. The van der Waals surface area contributed by atoms with Crippen LogP contribution in [0.3, 0.4) is 0 Å². The Hall–Kier alpha value is -0.900. The number of guanidine groups is 1. The van der Waals surface area contributed by atoms with Crippen molar-refractivity contribution in [1.82, 2.24) is 15.5 Å². The van der Waals surface area contributed by atoms with Crippen molar-refractivity contribution in [3.05, 3.63) is 35.4 Å². The average molecular weight is 561 g/mol. The molecule has 0 bridgehead atoms. The van der Waals surface area contributed by atoms with Crippen LogP contribution in [-0.2, 0) is 22.6 Å². The van der Waals surface area contributed by atoms with Gasteiger partial charge in [-0.25, -0.2) is 4.99 Å². The molecule has 184 valence electrons. The number of benzene rings is 1. The zero-order valence-electron chi connectivity index (χ0n) is 20.6. The van der Waals surface area contributed by atoms with E-state index in [4.69, 9.17) is 14.5 Å². The van der Waals surface area contributed by atoms with Crippen molar-refractivity contribution in [3.8, 4) is 0 Å². The summed E-state index contributed by atoms with van der Waals surface area (Å²) >= 11 is 0. The van der Waals surface area contributed by atoms with E-state index < -0.39 is 0 Å². The van der Waals surface area contributed by atoms with Gasteiger partial charge in [0, 0.05) is 25.8 Å². The topological polar surface area (TPSA) is 58.1 Å². The van der Waals surface area contributed by atoms with E-state index in [0.29, 0.717) is 25.3 Å².